The first kappa shape index (κ1) is 10.5. The van der Waals surface area contributed by atoms with Crippen molar-refractivity contribution < 1.29 is 9.94 Å². The van der Waals surface area contributed by atoms with Crippen molar-refractivity contribution in [2.75, 3.05) is 13.1 Å². The topological polar surface area (TPSA) is 32.7 Å². The maximum atomic E-state index is 9.23. The van der Waals surface area contributed by atoms with E-state index in [0.29, 0.717) is 6.54 Å². The van der Waals surface area contributed by atoms with Gasteiger partial charge in [-0.15, -0.1) is 5.06 Å². The van der Waals surface area contributed by atoms with Crippen LogP contribution in [0.25, 0.3) is 0 Å². The van der Waals surface area contributed by atoms with E-state index in [1.807, 2.05) is 13.8 Å². The summed E-state index contributed by atoms with van der Waals surface area (Å²) in [7, 11) is 0. The van der Waals surface area contributed by atoms with Gasteiger partial charge in [-0.3, -0.25) is 0 Å². The van der Waals surface area contributed by atoms with E-state index >= 15 is 0 Å². The Hall–Kier alpha value is -0.540. The molecule has 1 unspecified atom stereocenters. The van der Waals surface area contributed by atoms with Crippen LogP contribution >= 0.6 is 0 Å². The molecule has 0 radical (unpaired) electrons. The number of hydrogen-bond donors (Lipinski definition) is 1. The summed E-state index contributed by atoms with van der Waals surface area (Å²) in [5, 5.41) is 10.9. The number of aliphatic hydroxyl groups excluding tert-OH is 1. The van der Waals surface area contributed by atoms with Crippen LogP contribution in [0.1, 0.15) is 20.3 Å². The van der Waals surface area contributed by atoms with Gasteiger partial charge in [-0.05, 0) is 13.3 Å². The van der Waals surface area contributed by atoms with Gasteiger partial charge in [-0.2, -0.15) is 0 Å². The summed E-state index contributed by atoms with van der Waals surface area (Å²) in [6, 6.07) is 0. The van der Waals surface area contributed by atoms with Crippen LogP contribution in [0.4, 0.5) is 0 Å². The summed E-state index contributed by atoms with van der Waals surface area (Å²) in [4.78, 5) is 5.00. The fourth-order valence-corrected chi connectivity index (χ4v) is 0.716. The molecule has 0 aromatic rings. The standard InChI is InChI=1S/C8H17NO2/c1-4-8(10)7-9(5-2)11-6-3/h6,8,10H,3-5,7H2,1-2H3. The Bertz CT molecular complexity index is 106. The molecule has 0 aromatic heterocycles. The molecule has 0 bridgehead atoms. The molecule has 0 aliphatic heterocycles. The first-order chi connectivity index (χ1) is 5.24. The van der Waals surface area contributed by atoms with E-state index in [9.17, 15) is 5.11 Å². The highest BCUT2D eigenvalue weighted by Crippen LogP contribution is 1.96. The Morgan fingerprint density at radius 2 is 2.27 bits per heavy atom. The highest BCUT2D eigenvalue weighted by atomic mass is 16.7. The molecular weight excluding hydrogens is 142 g/mol. The van der Waals surface area contributed by atoms with Crippen LogP contribution < -0.4 is 0 Å². The van der Waals surface area contributed by atoms with E-state index in [1.165, 1.54) is 6.26 Å². The Morgan fingerprint density at radius 1 is 1.64 bits per heavy atom. The summed E-state index contributed by atoms with van der Waals surface area (Å²) in [6.45, 7) is 8.63. The average molecular weight is 159 g/mol. The molecule has 0 aliphatic rings. The molecule has 3 heteroatoms. The summed E-state index contributed by atoms with van der Waals surface area (Å²) >= 11 is 0. The summed E-state index contributed by atoms with van der Waals surface area (Å²) in [5.74, 6) is 0. The van der Waals surface area contributed by atoms with Crippen molar-refractivity contribution in [3.05, 3.63) is 12.8 Å². The van der Waals surface area contributed by atoms with Crippen LogP contribution in [0.5, 0.6) is 0 Å². The highest BCUT2D eigenvalue weighted by molar-refractivity contribution is 4.57. The zero-order chi connectivity index (χ0) is 8.69. The molecule has 0 aliphatic carbocycles. The normalized spacial score (nSPS) is 13.1. The fraction of sp³-hybridized carbons (Fsp3) is 0.750. The van der Waals surface area contributed by atoms with E-state index < -0.39 is 0 Å². The first-order valence-corrected chi connectivity index (χ1v) is 3.95. The van der Waals surface area contributed by atoms with E-state index in [0.717, 1.165) is 13.0 Å². The molecule has 0 fully saturated rings. The molecule has 1 N–H and O–H groups in total. The second-order valence-electron chi connectivity index (χ2n) is 2.31. The molecule has 0 saturated heterocycles. The molecule has 11 heavy (non-hydrogen) atoms. The van der Waals surface area contributed by atoms with Gasteiger partial charge in [0.15, 0.2) is 0 Å². The molecule has 0 rings (SSSR count). The van der Waals surface area contributed by atoms with Gasteiger partial charge in [-0.1, -0.05) is 13.5 Å². The second-order valence-corrected chi connectivity index (χ2v) is 2.31. The van der Waals surface area contributed by atoms with Crippen LogP contribution in [0.2, 0.25) is 0 Å². The van der Waals surface area contributed by atoms with E-state index in [1.54, 1.807) is 5.06 Å². The van der Waals surface area contributed by atoms with Gasteiger partial charge in [0, 0.05) is 6.54 Å². The summed E-state index contributed by atoms with van der Waals surface area (Å²) in [6.07, 6.45) is 1.80. The number of nitrogens with zero attached hydrogens (tertiary/aromatic N) is 1. The molecule has 0 heterocycles. The lowest BCUT2D eigenvalue weighted by molar-refractivity contribution is -0.119. The van der Waals surface area contributed by atoms with E-state index in [-0.39, 0.29) is 6.10 Å². The highest BCUT2D eigenvalue weighted by Gasteiger charge is 2.07. The number of likely N-dealkylation sites (N-methyl/N-ethyl adjacent to an activating group) is 1. The summed E-state index contributed by atoms with van der Waals surface area (Å²) in [5.41, 5.74) is 0. The number of aliphatic hydroxyl groups is 1. The van der Waals surface area contributed by atoms with Crippen molar-refractivity contribution in [1.82, 2.24) is 5.06 Å². The van der Waals surface area contributed by atoms with Crippen molar-refractivity contribution in [3.8, 4) is 0 Å². The van der Waals surface area contributed by atoms with Crippen LogP contribution in [0, 0.1) is 0 Å². The van der Waals surface area contributed by atoms with Crippen LogP contribution in [0.3, 0.4) is 0 Å². The zero-order valence-corrected chi connectivity index (χ0v) is 7.29. The predicted molar refractivity (Wildman–Crippen MR) is 44.8 cm³/mol. The first-order valence-electron chi connectivity index (χ1n) is 3.95. The average Bonchev–Trinajstić information content (AvgIpc) is 2.03. The lowest BCUT2D eigenvalue weighted by Gasteiger charge is -2.20. The Labute approximate surface area is 68.2 Å². The third-order valence-electron chi connectivity index (χ3n) is 1.46. The van der Waals surface area contributed by atoms with Gasteiger partial charge in [0.1, 0.15) is 6.26 Å². The minimum atomic E-state index is -0.310. The van der Waals surface area contributed by atoms with Crippen molar-refractivity contribution in [2.24, 2.45) is 0 Å². The fourth-order valence-electron chi connectivity index (χ4n) is 0.716. The molecule has 0 aromatic carbocycles. The van der Waals surface area contributed by atoms with Gasteiger partial charge < -0.3 is 9.94 Å². The van der Waals surface area contributed by atoms with Crippen molar-refractivity contribution in [1.29, 1.82) is 0 Å². The van der Waals surface area contributed by atoms with E-state index in [2.05, 4.69) is 6.58 Å². The van der Waals surface area contributed by atoms with Gasteiger partial charge in [0.2, 0.25) is 0 Å². The van der Waals surface area contributed by atoms with Gasteiger partial charge in [0.05, 0.1) is 12.6 Å². The van der Waals surface area contributed by atoms with Crippen LogP contribution in [-0.4, -0.2) is 29.4 Å². The number of hydroxylamine groups is 2. The molecular formula is C8H17NO2. The number of rotatable bonds is 6. The minimum Gasteiger partial charge on any atom is -0.414 e. The van der Waals surface area contributed by atoms with E-state index in [4.69, 9.17) is 4.84 Å². The molecule has 0 saturated carbocycles. The smallest absolute Gasteiger partial charge is 0.104 e. The maximum Gasteiger partial charge on any atom is 0.104 e. The molecule has 0 spiro atoms. The second kappa shape index (κ2) is 6.19. The Morgan fingerprint density at radius 3 is 2.64 bits per heavy atom. The van der Waals surface area contributed by atoms with Gasteiger partial charge in [-0.25, -0.2) is 0 Å². The van der Waals surface area contributed by atoms with Crippen molar-refractivity contribution in [2.45, 2.75) is 26.4 Å². The van der Waals surface area contributed by atoms with Crippen LogP contribution in [-0.2, 0) is 4.84 Å². The predicted octanol–water partition coefficient (Wildman–Crippen LogP) is 1.15. The molecule has 66 valence electrons. The SMILES string of the molecule is C=CON(CC)CC(O)CC. The molecule has 1 atom stereocenters. The zero-order valence-electron chi connectivity index (χ0n) is 7.29. The maximum absolute atomic E-state index is 9.23. The van der Waals surface area contributed by atoms with Crippen molar-refractivity contribution >= 4 is 0 Å². The van der Waals surface area contributed by atoms with Crippen LogP contribution in [0.15, 0.2) is 12.8 Å². The number of hydrogen-bond acceptors (Lipinski definition) is 3. The lowest BCUT2D eigenvalue weighted by atomic mass is 10.3. The van der Waals surface area contributed by atoms with Gasteiger partial charge >= 0.3 is 0 Å². The van der Waals surface area contributed by atoms with Crippen molar-refractivity contribution in [3.63, 3.8) is 0 Å². The Kier molecular flexibility index (Phi) is 5.88. The largest absolute Gasteiger partial charge is 0.414 e. The molecule has 3 nitrogen and oxygen atoms in total. The monoisotopic (exact) mass is 159 g/mol. The third-order valence-corrected chi connectivity index (χ3v) is 1.46. The summed E-state index contributed by atoms with van der Waals surface area (Å²) < 4.78 is 0. The quantitative estimate of drug-likeness (QED) is 0.466. The van der Waals surface area contributed by atoms with Gasteiger partial charge in [0.25, 0.3) is 0 Å². The Balaban J connectivity index is 3.57. The third kappa shape index (κ3) is 4.81. The minimum absolute atomic E-state index is 0.310. The molecule has 0 amide bonds. The lowest BCUT2D eigenvalue weighted by Crippen LogP contribution is -2.30.